The fourth-order valence-corrected chi connectivity index (χ4v) is 2.26. The largest absolute Gasteiger partial charge is 0.406 e. The molecule has 1 aromatic carbocycles. The number of hydrogen-bond donors (Lipinski definition) is 0. The zero-order chi connectivity index (χ0) is 16.3. The number of nitrogens with zero attached hydrogens (tertiary/aromatic N) is 3. The quantitative estimate of drug-likeness (QED) is 0.627. The molecule has 1 aliphatic heterocycles. The number of alkyl halides is 3. The molecule has 2 rings (SSSR count). The molecule has 6 nitrogen and oxygen atoms in total. The molecule has 0 aromatic heterocycles. The Morgan fingerprint density at radius 1 is 1.18 bits per heavy atom. The topological polar surface area (TPSA) is 66.7 Å². The molecule has 0 spiro atoms. The van der Waals surface area contributed by atoms with Crippen molar-refractivity contribution in [3.63, 3.8) is 0 Å². The van der Waals surface area contributed by atoms with E-state index >= 15 is 0 Å². The first kappa shape index (κ1) is 16.2. The van der Waals surface area contributed by atoms with Gasteiger partial charge in [-0.2, -0.15) is 13.2 Å². The Morgan fingerprint density at radius 3 is 2.32 bits per heavy atom. The van der Waals surface area contributed by atoms with Crippen LogP contribution in [-0.4, -0.2) is 53.0 Å². The van der Waals surface area contributed by atoms with Crippen molar-refractivity contribution in [2.24, 2.45) is 0 Å². The number of carbonyl (C=O) groups excluding carboxylic acids is 1. The summed E-state index contributed by atoms with van der Waals surface area (Å²) in [7, 11) is 0. The van der Waals surface area contributed by atoms with Crippen molar-refractivity contribution in [1.29, 1.82) is 0 Å². The van der Waals surface area contributed by atoms with Crippen LogP contribution in [-0.2, 0) is 11.3 Å². The van der Waals surface area contributed by atoms with E-state index in [-0.39, 0.29) is 18.8 Å². The number of rotatable bonds is 4. The molecule has 1 aliphatic rings. The van der Waals surface area contributed by atoms with E-state index in [0.29, 0.717) is 13.1 Å². The number of halogens is 3. The van der Waals surface area contributed by atoms with E-state index in [1.807, 2.05) is 0 Å². The summed E-state index contributed by atoms with van der Waals surface area (Å²) in [6.45, 7) is -0.599. The highest BCUT2D eigenvalue weighted by molar-refractivity contribution is 5.79. The van der Waals surface area contributed by atoms with Crippen molar-refractivity contribution >= 4 is 11.6 Å². The molecule has 120 valence electrons. The maximum atomic E-state index is 12.3. The van der Waals surface area contributed by atoms with Crippen LogP contribution >= 0.6 is 0 Å². The minimum atomic E-state index is -4.39. The molecule has 0 N–H and O–H groups in total. The van der Waals surface area contributed by atoms with Crippen LogP contribution in [0.3, 0.4) is 0 Å². The second kappa shape index (κ2) is 6.30. The first-order valence-corrected chi connectivity index (χ1v) is 6.55. The third-order valence-corrected chi connectivity index (χ3v) is 3.32. The van der Waals surface area contributed by atoms with E-state index in [1.165, 1.54) is 12.1 Å². The second-order valence-corrected chi connectivity index (χ2v) is 5.06. The normalized spacial score (nSPS) is 16.9. The number of amides is 1. The Balaban J connectivity index is 1.91. The van der Waals surface area contributed by atoms with Gasteiger partial charge in [-0.1, -0.05) is 12.1 Å². The van der Waals surface area contributed by atoms with Crippen LogP contribution in [0, 0.1) is 10.1 Å². The number of nitro groups is 1. The molecule has 1 heterocycles. The highest BCUT2D eigenvalue weighted by Crippen LogP contribution is 2.19. The molecule has 9 heteroatoms. The van der Waals surface area contributed by atoms with Gasteiger partial charge in [0.2, 0.25) is 5.91 Å². The van der Waals surface area contributed by atoms with Crippen molar-refractivity contribution in [2.45, 2.75) is 12.7 Å². The maximum Gasteiger partial charge on any atom is 0.406 e. The Bertz CT molecular complexity index is 560. The molecular weight excluding hydrogens is 303 g/mol. The number of carbonyl (C=O) groups is 1. The number of nitro benzene ring substituents is 1. The summed E-state index contributed by atoms with van der Waals surface area (Å²) in [5.41, 5.74) is 0.734. The summed E-state index contributed by atoms with van der Waals surface area (Å²) >= 11 is 0. The third-order valence-electron chi connectivity index (χ3n) is 3.32. The summed E-state index contributed by atoms with van der Waals surface area (Å²) in [6, 6.07) is 5.86. The molecule has 0 atom stereocenters. The Kier molecular flexibility index (Phi) is 4.65. The fraction of sp³-hybridized carbons (Fsp3) is 0.462. The molecule has 0 saturated carbocycles. The van der Waals surface area contributed by atoms with Gasteiger partial charge in [0.25, 0.3) is 5.69 Å². The highest BCUT2D eigenvalue weighted by atomic mass is 19.4. The zero-order valence-corrected chi connectivity index (χ0v) is 11.5. The van der Waals surface area contributed by atoms with Crippen molar-refractivity contribution in [3.8, 4) is 0 Å². The van der Waals surface area contributed by atoms with Crippen LogP contribution in [0.4, 0.5) is 18.9 Å². The van der Waals surface area contributed by atoms with Gasteiger partial charge in [0.05, 0.1) is 11.5 Å². The van der Waals surface area contributed by atoms with Crippen LogP contribution in [0.25, 0.3) is 0 Å². The van der Waals surface area contributed by atoms with Crippen LogP contribution in [0.1, 0.15) is 5.56 Å². The van der Waals surface area contributed by atoms with E-state index in [4.69, 9.17) is 0 Å². The van der Waals surface area contributed by atoms with Gasteiger partial charge in [-0.05, 0) is 5.56 Å². The number of piperazine rings is 1. The lowest BCUT2D eigenvalue weighted by Gasteiger charge is -2.34. The zero-order valence-electron chi connectivity index (χ0n) is 11.5. The number of hydrogen-bond acceptors (Lipinski definition) is 4. The second-order valence-electron chi connectivity index (χ2n) is 5.06. The van der Waals surface area contributed by atoms with E-state index in [0.717, 1.165) is 10.5 Å². The summed E-state index contributed by atoms with van der Waals surface area (Å²) in [5.74, 6) is -0.564. The third kappa shape index (κ3) is 4.42. The average molecular weight is 317 g/mol. The molecule has 1 saturated heterocycles. The van der Waals surface area contributed by atoms with Crippen molar-refractivity contribution < 1.29 is 22.9 Å². The van der Waals surface area contributed by atoms with Crippen molar-refractivity contribution in [2.75, 3.05) is 26.2 Å². The number of benzene rings is 1. The van der Waals surface area contributed by atoms with E-state index in [1.54, 1.807) is 17.0 Å². The molecule has 1 amide bonds. The predicted molar refractivity (Wildman–Crippen MR) is 71.0 cm³/mol. The Labute approximate surface area is 124 Å². The summed E-state index contributed by atoms with van der Waals surface area (Å²) < 4.78 is 36.9. The maximum absolute atomic E-state index is 12.3. The average Bonchev–Trinajstić information content (AvgIpc) is 2.41. The first-order valence-electron chi connectivity index (χ1n) is 6.55. The fourth-order valence-electron chi connectivity index (χ4n) is 2.26. The Morgan fingerprint density at radius 2 is 1.82 bits per heavy atom. The monoisotopic (exact) mass is 317 g/mol. The Hall–Kier alpha value is -2.16. The molecule has 0 bridgehead atoms. The van der Waals surface area contributed by atoms with E-state index in [9.17, 15) is 28.1 Å². The molecule has 1 fully saturated rings. The van der Waals surface area contributed by atoms with E-state index < -0.39 is 23.6 Å². The SMILES string of the molecule is O=C1CN(Cc2ccc([N+](=O)[O-])cc2)CCN1CC(F)(F)F. The van der Waals surface area contributed by atoms with Gasteiger partial charge in [-0.15, -0.1) is 0 Å². The summed E-state index contributed by atoms with van der Waals surface area (Å²) in [4.78, 5) is 24.3. The first-order chi connectivity index (χ1) is 10.2. The van der Waals surface area contributed by atoms with Crippen LogP contribution in [0.2, 0.25) is 0 Å². The van der Waals surface area contributed by atoms with Crippen LogP contribution in [0.5, 0.6) is 0 Å². The summed E-state index contributed by atoms with van der Waals surface area (Å²) in [5, 5.41) is 10.5. The minimum Gasteiger partial charge on any atom is -0.331 e. The number of non-ortho nitro benzene ring substituents is 1. The lowest BCUT2D eigenvalue weighted by atomic mass is 10.2. The van der Waals surface area contributed by atoms with Crippen molar-refractivity contribution in [3.05, 3.63) is 39.9 Å². The van der Waals surface area contributed by atoms with Gasteiger partial charge < -0.3 is 4.90 Å². The molecule has 0 radical (unpaired) electrons. The lowest BCUT2D eigenvalue weighted by Crippen LogP contribution is -2.52. The van der Waals surface area contributed by atoms with Gasteiger partial charge in [-0.3, -0.25) is 19.8 Å². The highest BCUT2D eigenvalue weighted by Gasteiger charge is 2.35. The van der Waals surface area contributed by atoms with Gasteiger partial charge in [0.15, 0.2) is 0 Å². The predicted octanol–water partition coefficient (Wildman–Crippen LogP) is 1.80. The molecule has 1 aromatic rings. The van der Waals surface area contributed by atoms with E-state index in [2.05, 4.69) is 0 Å². The smallest absolute Gasteiger partial charge is 0.331 e. The molecule has 0 unspecified atom stereocenters. The van der Waals surface area contributed by atoms with Crippen LogP contribution < -0.4 is 0 Å². The van der Waals surface area contributed by atoms with Gasteiger partial charge in [0, 0.05) is 31.8 Å². The van der Waals surface area contributed by atoms with Gasteiger partial charge >= 0.3 is 6.18 Å². The standard InChI is InChI=1S/C13H14F3N3O3/c14-13(15,16)9-18-6-5-17(8-12(18)20)7-10-1-3-11(4-2-10)19(21)22/h1-4H,5-9H2. The molecule has 22 heavy (non-hydrogen) atoms. The molecular formula is C13H14F3N3O3. The lowest BCUT2D eigenvalue weighted by molar-refractivity contribution is -0.384. The van der Waals surface area contributed by atoms with Gasteiger partial charge in [-0.25, -0.2) is 0 Å². The molecule has 0 aliphatic carbocycles. The van der Waals surface area contributed by atoms with Crippen molar-refractivity contribution in [1.82, 2.24) is 9.80 Å². The summed E-state index contributed by atoms with van der Waals surface area (Å²) in [6.07, 6.45) is -4.39. The van der Waals surface area contributed by atoms with Crippen LogP contribution in [0.15, 0.2) is 24.3 Å². The van der Waals surface area contributed by atoms with Gasteiger partial charge in [0.1, 0.15) is 6.54 Å². The minimum absolute atomic E-state index is 0.0192.